The van der Waals surface area contributed by atoms with Gasteiger partial charge >= 0.3 is 0 Å². The molecule has 0 bridgehead atoms. The van der Waals surface area contributed by atoms with Crippen molar-refractivity contribution < 1.29 is 9.59 Å². The Balaban J connectivity index is 2.04. The highest BCUT2D eigenvalue weighted by molar-refractivity contribution is 5.89. The van der Waals surface area contributed by atoms with Gasteiger partial charge in [-0.05, 0) is 45.6 Å². The third-order valence-corrected chi connectivity index (χ3v) is 4.78. The first-order valence-electron chi connectivity index (χ1n) is 9.07. The maximum Gasteiger partial charge on any atom is 0.256 e. The number of carbonyl (C=O) groups excluding carboxylic acids is 2. The molecule has 7 nitrogen and oxygen atoms in total. The third-order valence-electron chi connectivity index (χ3n) is 4.78. The van der Waals surface area contributed by atoms with E-state index in [4.69, 9.17) is 5.73 Å². The fraction of sp³-hybridized carbons (Fsp3) is 0.667. The highest BCUT2D eigenvalue weighted by atomic mass is 16.2. The van der Waals surface area contributed by atoms with Crippen LogP contribution in [0.3, 0.4) is 0 Å². The Morgan fingerprint density at radius 1 is 1.36 bits per heavy atom. The maximum absolute atomic E-state index is 12.7. The fourth-order valence-corrected chi connectivity index (χ4v) is 3.23. The molecule has 0 radical (unpaired) electrons. The monoisotopic (exact) mass is 348 g/mol. The number of nitrogens with zero attached hydrogens (tertiary/aromatic N) is 2. The molecule has 1 fully saturated rings. The molecule has 138 valence electrons. The minimum Gasteiger partial charge on any atom is -0.346 e. The summed E-state index contributed by atoms with van der Waals surface area (Å²) in [5.41, 5.74) is 5.79. The highest BCUT2D eigenvalue weighted by Crippen LogP contribution is 2.25. The quantitative estimate of drug-likeness (QED) is 0.646. The lowest BCUT2D eigenvalue weighted by atomic mass is 10.0. The summed E-state index contributed by atoms with van der Waals surface area (Å²) in [5, 5.41) is 2.91. The van der Waals surface area contributed by atoms with Crippen molar-refractivity contribution in [2.75, 3.05) is 6.54 Å². The Bertz CT molecular complexity index is 650. The van der Waals surface area contributed by atoms with Gasteiger partial charge < -0.3 is 11.1 Å². The van der Waals surface area contributed by atoms with Crippen molar-refractivity contribution >= 4 is 11.7 Å². The van der Waals surface area contributed by atoms with Crippen LogP contribution in [0.4, 0.5) is 0 Å². The number of nitrogens with one attached hydrogen (secondary N) is 1. The molecule has 0 aromatic carbocycles. The van der Waals surface area contributed by atoms with Crippen LogP contribution in [0.2, 0.25) is 0 Å². The van der Waals surface area contributed by atoms with Crippen LogP contribution in [0.1, 0.15) is 50.5 Å². The van der Waals surface area contributed by atoms with E-state index in [0.717, 1.165) is 38.5 Å². The summed E-state index contributed by atoms with van der Waals surface area (Å²) in [4.78, 5) is 41.1. The molecule has 1 aromatic rings. The number of hydrogen-bond acceptors (Lipinski definition) is 5. The number of amides is 1. The highest BCUT2D eigenvalue weighted by Gasteiger charge is 2.27. The number of Topliss-reactive ketones (excluding diaryl/α,β-unsaturated/α-hetero) is 1. The van der Waals surface area contributed by atoms with E-state index < -0.39 is 6.04 Å². The molecular formula is C18H28N4O3. The zero-order chi connectivity index (χ0) is 18.2. The van der Waals surface area contributed by atoms with Crippen LogP contribution in [0.5, 0.6) is 0 Å². The lowest BCUT2D eigenvalue weighted by Gasteiger charge is -2.20. The van der Waals surface area contributed by atoms with Gasteiger partial charge in [0.15, 0.2) is 5.78 Å². The molecule has 0 spiro atoms. The van der Waals surface area contributed by atoms with Gasteiger partial charge in [0.05, 0.1) is 18.9 Å². The molecule has 1 amide bonds. The Morgan fingerprint density at radius 2 is 2.08 bits per heavy atom. The van der Waals surface area contributed by atoms with Gasteiger partial charge in [-0.15, -0.1) is 0 Å². The number of rotatable bonds is 9. The first-order valence-corrected chi connectivity index (χ1v) is 9.07. The largest absolute Gasteiger partial charge is 0.346 e. The number of aryl methyl sites for hydroxylation is 1. The van der Waals surface area contributed by atoms with Crippen molar-refractivity contribution in [1.82, 2.24) is 14.9 Å². The van der Waals surface area contributed by atoms with Gasteiger partial charge in [-0.3, -0.25) is 19.0 Å². The molecule has 0 saturated heterocycles. The predicted octanol–water partition coefficient (Wildman–Crippen LogP) is 0.925. The van der Waals surface area contributed by atoms with Crippen molar-refractivity contribution in [2.45, 2.75) is 64.5 Å². The summed E-state index contributed by atoms with van der Waals surface area (Å²) >= 11 is 0. The van der Waals surface area contributed by atoms with E-state index >= 15 is 0 Å². The zero-order valence-corrected chi connectivity index (χ0v) is 14.9. The fourth-order valence-electron chi connectivity index (χ4n) is 3.23. The Labute approximate surface area is 148 Å². The van der Waals surface area contributed by atoms with Gasteiger partial charge in [-0.1, -0.05) is 12.8 Å². The number of ketones is 1. The minimum atomic E-state index is -0.577. The number of hydrogen-bond donors (Lipinski definition) is 2. The van der Waals surface area contributed by atoms with E-state index in [-0.39, 0.29) is 29.7 Å². The van der Waals surface area contributed by atoms with Crippen molar-refractivity contribution in [1.29, 1.82) is 0 Å². The van der Waals surface area contributed by atoms with Crippen molar-refractivity contribution in [3.05, 3.63) is 28.4 Å². The first kappa shape index (κ1) is 19.3. The molecule has 1 atom stereocenters. The molecule has 1 aliphatic carbocycles. The molecule has 25 heavy (non-hydrogen) atoms. The van der Waals surface area contributed by atoms with E-state index in [2.05, 4.69) is 10.3 Å². The molecule has 3 N–H and O–H groups in total. The van der Waals surface area contributed by atoms with E-state index in [1.165, 1.54) is 17.1 Å². The summed E-state index contributed by atoms with van der Waals surface area (Å²) < 4.78 is 1.30. The molecular weight excluding hydrogens is 320 g/mol. The molecule has 0 unspecified atom stereocenters. The average Bonchev–Trinajstić information content (AvgIpc) is 3.13. The number of nitrogens with two attached hydrogens (primary N) is 1. The third kappa shape index (κ3) is 5.49. The predicted molar refractivity (Wildman–Crippen MR) is 95.0 cm³/mol. The summed E-state index contributed by atoms with van der Waals surface area (Å²) in [7, 11) is 0. The summed E-state index contributed by atoms with van der Waals surface area (Å²) in [6.45, 7) is 2.14. The smallest absolute Gasteiger partial charge is 0.256 e. The van der Waals surface area contributed by atoms with Gasteiger partial charge in [0.1, 0.15) is 0 Å². The molecule has 1 aromatic heterocycles. The average molecular weight is 348 g/mol. The van der Waals surface area contributed by atoms with Crippen LogP contribution in [0.15, 0.2) is 17.3 Å². The number of unbranched alkanes of at least 4 members (excludes halogenated alkanes) is 1. The molecule has 1 aliphatic rings. The topological polar surface area (TPSA) is 107 Å². The summed E-state index contributed by atoms with van der Waals surface area (Å²) in [6.07, 6.45) is 8.85. The lowest BCUT2D eigenvalue weighted by Crippen LogP contribution is -2.45. The minimum absolute atomic E-state index is 0.00756. The van der Waals surface area contributed by atoms with Crippen molar-refractivity contribution in [2.24, 2.45) is 11.7 Å². The van der Waals surface area contributed by atoms with E-state index in [1.807, 2.05) is 0 Å². The second kappa shape index (κ2) is 9.46. The van der Waals surface area contributed by atoms with Crippen LogP contribution in [-0.2, 0) is 16.1 Å². The molecule has 1 heterocycles. The molecule has 1 saturated carbocycles. The standard InChI is InChI=1S/C18H28N4O3/c1-13-10-20-12-22(18(13)25)11-16(23)15(8-4-5-9-19)21-17(24)14-6-2-3-7-14/h10,12,14-15H,2-9,11,19H2,1H3,(H,21,24)/t15-/m0/s1. The first-order chi connectivity index (χ1) is 12.0. The molecule has 2 rings (SSSR count). The SMILES string of the molecule is Cc1cncn(CC(=O)[C@H](CCCCN)NC(=O)C2CCCC2)c1=O. The van der Waals surface area contributed by atoms with Crippen LogP contribution >= 0.6 is 0 Å². The Morgan fingerprint density at radius 3 is 2.76 bits per heavy atom. The Kier molecular flexibility index (Phi) is 7.31. The summed E-state index contributed by atoms with van der Waals surface area (Å²) in [6, 6.07) is -0.577. The van der Waals surface area contributed by atoms with Crippen LogP contribution in [0, 0.1) is 12.8 Å². The Hall–Kier alpha value is -2.02. The lowest BCUT2D eigenvalue weighted by molar-refractivity contribution is -0.130. The van der Waals surface area contributed by atoms with Gasteiger partial charge in [0, 0.05) is 17.7 Å². The number of carbonyl (C=O) groups is 2. The van der Waals surface area contributed by atoms with Crippen molar-refractivity contribution in [3.8, 4) is 0 Å². The second-order valence-corrected chi connectivity index (χ2v) is 6.80. The molecule has 7 heteroatoms. The van der Waals surface area contributed by atoms with E-state index in [9.17, 15) is 14.4 Å². The van der Waals surface area contributed by atoms with Gasteiger partial charge in [-0.2, -0.15) is 0 Å². The number of aromatic nitrogens is 2. The van der Waals surface area contributed by atoms with E-state index in [1.54, 1.807) is 6.92 Å². The van der Waals surface area contributed by atoms with Gasteiger partial charge in [0.25, 0.3) is 5.56 Å². The van der Waals surface area contributed by atoms with Crippen LogP contribution in [-0.4, -0.2) is 33.8 Å². The molecule has 0 aliphatic heterocycles. The van der Waals surface area contributed by atoms with Gasteiger partial charge in [0.2, 0.25) is 5.91 Å². The maximum atomic E-state index is 12.7. The summed E-state index contributed by atoms with van der Waals surface area (Å²) in [5.74, 6) is -0.204. The second-order valence-electron chi connectivity index (χ2n) is 6.80. The zero-order valence-electron chi connectivity index (χ0n) is 14.9. The van der Waals surface area contributed by atoms with Crippen molar-refractivity contribution in [3.63, 3.8) is 0 Å². The van der Waals surface area contributed by atoms with Gasteiger partial charge in [-0.25, -0.2) is 4.98 Å². The van der Waals surface area contributed by atoms with Crippen LogP contribution in [0.25, 0.3) is 0 Å². The van der Waals surface area contributed by atoms with E-state index in [0.29, 0.717) is 18.5 Å². The normalized spacial score (nSPS) is 15.9. The van der Waals surface area contributed by atoms with Crippen LogP contribution < -0.4 is 16.6 Å².